The van der Waals surface area contributed by atoms with E-state index in [0.717, 1.165) is 55.9 Å². The predicted molar refractivity (Wildman–Crippen MR) is 142 cm³/mol. The number of benzene rings is 2. The Kier molecular flexibility index (Phi) is 6.17. The SMILES string of the molecule is COc1cc(OC)cc(-c2c(C#Cc3ccsc3)c3cc(-c4ccc(OC)nc4)ccc3n2C)c1. The first-order valence-corrected chi connectivity index (χ1v) is 12.0. The highest BCUT2D eigenvalue weighted by atomic mass is 32.1. The average molecular weight is 481 g/mol. The first kappa shape index (κ1) is 22.6. The first-order chi connectivity index (χ1) is 17.1. The molecule has 0 aliphatic heterocycles. The van der Waals surface area contributed by atoms with Gasteiger partial charge in [-0.15, -0.1) is 0 Å². The molecular formula is C29H24N2O3S. The van der Waals surface area contributed by atoms with Crippen LogP contribution in [-0.2, 0) is 7.05 Å². The summed E-state index contributed by atoms with van der Waals surface area (Å²) in [6.45, 7) is 0. The fourth-order valence-corrected chi connectivity index (χ4v) is 4.76. The zero-order chi connectivity index (χ0) is 24.4. The molecule has 0 radical (unpaired) electrons. The molecule has 0 amide bonds. The summed E-state index contributed by atoms with van der Waals surface area (Å²) in [7, 11) is 7.00. The molecule has 0 aliphatic carbocycles. The van der Waals surface area contributed by atoms with Gasteiger partial charge in [0.15, 0.2) is 0 Å². The molecule has 6 heteroatoms. The van der Waals surface area contributed by atoms with Gasteiger partial charge in [0.05, 0.1) is 32.6 Å². The topological polar surface area (TPSA) is 45.5 Å². The van der Waals surface area contributed by atoms with Gasteiger partial charge in [0.1, 0.15) is 11.5 Å². The van der Waals surface area contributed by atoms with Crippen LogP contribution in [0.4, 0.5) is 0 Å². The van der Waals surface area contributed by atoms with Crippen LogP contribution < -0.4 is 14.2 Å². The first-order valence-electron chi connectivity index (χ1n) is 11.0. The molecule has 0 N–H and O–H groups in total. The van der Waals surface area contributed by atoms with Crippen LogP contribution >= 0.6 is 11.3 Å². The lowest BCUT2D eigenvalue weighted by Gasteiger charge is -2.10. The molecule has 0 fully saturated rings. The fraction of sp³-hybridized carbons (Fsp3) is 0.138. The third kappa shape index (κ3) is 4.34. The highest BCUT2D eigenvalue weighted by Crippen LogP contribution is 2.38. The van der Waals surface area contributed by atoms with E-state index in [2.05, 4.69) is 52.0 Å². The molecule has 0 spiro atoms. The van der Waals surface area contributed by atoms with Crippen LogP contribution in [-0.4, -0.2) is 30.9 Å². The van der Waals surface area contributed by atoms with E-state index in [9.17, 15) is 0 Å². The lowest BCUT2D eigenvalue weighted by atomic mass is 10.0. The van der Waals surface area contributed by atoms with Crippen LogP contribution in [0.5, 0.6) is 17.4 Å². The summed E-state index contributed by atoms with van der Waals surface area (Å²) in [6, 6.07) is 18.2. The van der Waals surface area contributed by atoms with Gasteiger partial charge >= 0.3 is 0 Å². The summed E-state index contributed by atoms with van der Waals surface area (Å²) < 4.78 is 18.5. The lowest BCUT2D eigenvalue weighted by molar-refractivity contribution is 0.394. The maximum atomic E-state index is 5.55. The smallest absolute Gasteiger partial charge is 0.212 e. The van der Waals surface area contributed by atoms with Crippen LogP contribution in [0.15, 0.2) is 71.6 Å². The van der Waals surface area contributed by atoms with Gasteiger partial charge in [-0.1, -0.05) is 17.9 Å². The number of thiophene rings is 1. The van der Waals surface area contributed by atoms with E-state index in [1.807, 2.05) is 48.0 Å². The minimum atomic E-state index is 0.589. The second-order valence-corrected chi connectivity index (χ2v) is 8.75. The van der Waals surface area contributed by atoms with Crippen molar-refractivity contribution in [3.63, 3.8) is 0 Å². The molecule has 5 nitrogen and oxygen atoms in total. The Morgan fingerprint density at radius 3 is 2.20 bits per heavy atom. The molecular weight excluding hydrogens is 456 g/mol. The summed E-state index contributed by atoms with van der Waals surface area (Å²) in [5.41, 5.74) is 7.09. The van der Waals surface area contributed by atoms with Crippen LogP contribution in [0.25, 0.3) is 33.3 Å². The molecule has 3 aromatic heterocycles. The Hall–Kier alpha value is -4.21. The molecule has 35 heavy (non-hydrogen) atoms. The number of hydrogen-bond acceptors (Lipinski definition) is 5. The van der Waals surface area contributed by atoms with Crippen LogP contribution in [0, 0.1) is 11.8 Å². The zero-order valence-corrected chi connectivity index (χ0v) is 20.8. The summed E-state index contributed by atoms with van der Waals surface area (Å²) in [6.07, 6.45) is 1.83. The van der Waals surface area contributed by atoms with Gasteiger partial charge in [-0.2, -0.15) is 11.3 Å². The predicted octanol–water partition coefficient (Wildman–Crippen LogP) is 6.39. The van der Waals surface area contributed by atoms with E-state index in [-0.39, 0.29) is 0 Å². The van der Waals surface area contributed by atoms with Gasteiger partial charge in [0, 0.05) is 58.4 Å². The van der Waals surface area contributed by atoms with Gasteiger partial charge in [-0.3, -0.25) is 0 Å². The van der Waals surface area contributed by atoms with Crippen molar-refractivity contribution >= 4 is 22.2 Å². The molecule has 0 atom stereocenters. The molecule has 0 saturated heterocycles. The summed E-state index contributed by atoms with van der Waals surface area (Å²) in [5.74, 6) is 8.86. The second kappa shape index (κ2) is 9.57. The third-order valence-electron chi connectivity index (χ3n) is 5.96. The Labute approximate surface area is 208 Å². The fourth-order valence-electron chi connectivity index (χ4n) is 4.17. The molecule has 3 heterocycles. The van der Waals surface area contributed by atoms with Crippen molar-refractivity contribution in [1.29, 1.82) is 0 Å². The number of ether oxygens (including phenoxy) is 3. The minimum Gasteiger partial charge on any atom is -0.497 e. The molecule has 0 unspecified atom stereocenters. The molecule has 2 aromatic carbocycles. The molecule has 5 rings (SSSR count). The van der Waals surface area contributed by atoms with Gasteiger partial charge in [-0.05, 0) is 47.3 Å². The Morgan fingerprint density at radius 2 is 1.57 bits per heavy atom. The highest BCUT2D eigenvalue weighted by molar-refractivity contribution is 7.08. The van der Waals surface area contributed by atoms with Crippen molar-refractivity contribution in [3.8, 4) is 51.6 Å². The van der Waals surface area contributed by atoms with Crippen LogP contribution in [0.3, 0.4) is 0 Å². The maximum absolute atomic E-state index is 5.55. The Morgan fingerprint density at radius 1 is 0.800 bits per heavy atom. The van der Waals surface area contributed by atoms with E-state index in [4.69, 9.17) is 14.2 Å². The lowest BCUT2D eigenvalue weighted by Crippen LogP contribution is -1.95. The maximum Gasteiger partial charge on any atom is 0.212 e. The number of aromatic nitrogens is 2. The standard InChI is InChI=1S/C29H24N2O3S/c1-31-27-9-6-20(21-7-10-28(34-4)30-17-21)15-26(27)25(8-5-19-11-12-35-18-19)29(31)22-13-23(32-2)16-24(14-22)33-3/h6-7,9-18H,1-4H3. The van der Waals surface area contributed by atoms with Crippen LogP contribution in [0.1, 0.15) is 11.1 Å². The number of methoxy groups -OCH3 is 3. The number of nitrogens with zero attached hydrogens (tertiary/aromatic N) is 2. The molecule has 0 aliphatic rings. The zero-order valence-electron chi connectivity index (χ0n) is 20.0. The number of rotatable bonds is 5. The van der Waals surface area contributed by atoms with E-state index in [1.54, 1.807) is 32.7 Å². The second-order valence-electron chi connectivity index (χ2n) is 7.97. The van der Waals surface area contributed by atoms with Crippen molar-refractivity contribution < 1.29 is 14.2 Å². The van der Waals surface area contributed by atoms with Crippen molar-refractivity contribution in [1.82, 2.24) is 9.55 Å². The van der Waals surface area contributed by atoms with E-state index in [0.29, 0.717) is 5.88 Å². The van der Waals surface area contributed by atoms with Gasteiger partial charge in [0.25, 0.3) is 0 Å². The van der Waals surface area contributed by atoms with Crippen molar-refractivity contribution in [3.05, 3.63) is 82.7 Å². The Balaban J connectivity index is 1.76. The van der Waals surface area contributed by atoms with Crippen LogP contribution in [0.2, 0.25) is 0 Å². The summed E-state index contributed by atoms with van der Waals surface area (Å²) >= 11 is 1.64. The molecule has 0 saturated carbocycles. The van der Waals surface area contributed by atoms with Gasteiger partial charge in [-0.25, -0.2) is 4.98 Å². The van der Waals surface area contributed by atoms with E-state index in [1.165, 1.54) is 0 Å². The number of aryl methyl sites for hydroxylation is 1. The number of hydrogen-bond donors (Lipinski definition) is 0. The Bertz CT molecular complexity index is 1530. The number of fused-ring (bicyclic) bond motifs is 1. The summed E-state index contributed by atoms with van der Waals surface area (Å²) in [5, 5.41) is 5.16. The van der Waals surface area contributed by atoms with Crippen molar-refractivity contribution in [2.24, 2.45) is 7.05 Å². The monoisotopic (exact) mass is 480 g/mol. The normalized spacial score (nSPS) is 10.6. The largest absolute Gasteiger partial charge is 0.497 e. The summed E-state index contributed by atoms with van der Waals surface area (Å²) in [4.78, 5) is 4.37. The average Bonchev–Trinajstić information content (AvgIpc) is 3.52. The van der Waals surface area contributed by atoms with E-state index < -0.39 is 0 Å². The molecule has 5 aromatic rings. The third-order valence-corrected chi connectivity index (χ3v) is 6.64. The molecule has 174 valence electrons. The van der Waals surface area contributed by atoms with Gasteiger partial charge < -0.3 is 18.8 Å². The van der Waals surface area contributed by atoms with E-state index >= 15 is 0 Å². The van der Waals surface area contributed by atoms with Crippen molar-refractivity contribution in [2.75, 3.05) is 21.3 Å². The minimum absolute atomic E-state index is 0.589. The number of pyridine rings is 1. The quantitative estimate of drug-likeness (QED) is 0.273. The van der Waals surface area contributed by atoms with Gasteiger partial charge in [0.2, 0.25) is 5.88 Å². The van der Waals surface area contributed by atoms with Crippen molar-refractivity contribution in [2.45, 2.75) is 0 Å². The highest BCUT2D eigenvalue weighted by Gasteiger charge is 2.18. The molecule has 0 bridgehead atoms.